The van der Waals surface area contributed by atoms with E-state index in [-0.39, 0.29) is 5.82 Å². The highest BCUT2D eigenvalue weighted by atomic mass is 79.9. The third-order valence-corrected chi connectivity index (χ3v) is 3.63. The Kier molecular flexibility index (Phi) is 5.31. The minimum atomic E-state index is -0.359. The number of halogens is 2. The summed E-state index contributed by atoms with van der Waals surface area (Å²) in [7, 11) is 0. The molecule has 1 heterocycles. The molecular weight excluding hydrogens is 335 g/mol. The van der Waals surface area contributed by atoms with Crippen molar-refractivity contribution in [2.75, 3.05) is 0 Å². The van der Waals surface area contributed by atoms with Crippen LogP contribution < -0.4 is 10.1 Å². The molecule has 112 valence electrons. The molecule has 0 aliphatic rings. The number of hydrogen-bond acceptors (Lipinski definition) is 3. The first-order valence-electron chi connectivity index (χ1n) is 6.78. The predicted molar refractivity (Wildman–Crippen MR) is 85.1 cm³/mol. The molecule has 2 aromatic rings. The van der Waals surface area contributed by atoms with Crippen LogP contribution in [-0.4, -0.2) is 11.0 Å². The van der Waals surface area contributed by atoms with Crippen LogP contribution in [0.15, 0.2) is 34.8 Å². The second-order valence-corrected chi connectivity index (χ2v) is 5.96. The van der Waals surface area contributed by atoms with Gasteiger partial charge < -0.3 is 10.1 Å². The number of nitrogens with zero attached hydrogens (tertiary/aromatic N) is 1. The van der Waals surface area contributed by atoms with Crippen LogP contribution in [0, 0.1) is 12.7 Å². The summed E-state index contributed by atoms with van der Waals surface area (Å²) in [6, 6.07) is 8.82. The number of aryl methyl sites for hydroxylation is 1. The van der Waals surface area contributed by atoms with Gasteiger partial charge in [0.1, 0.15) is 11.6 Å². The molecule has 0 fully saturated rings. The Morgan fingerprint density at radius 2 is 2.05 bits per heavy atom. The van der Waals surface area contributed by atoms with Gasteiger partial charge in [0.05, 0.1) is 4.47 Å². The monoisotopic (exact) mass is 352 g/mol. The first kappa shape index (κ1) is 15.9. The van der Waals surface area contributed by atoms with Crippen LogP contribution >= 0.6 is 15.9 Å². The molecule has 0 radical (unpaired) electrons. The summed E-state index contributed by atoms with van der Waals surface area (Å²) in [5, 5.41) is 3.35. The van der Waals surface area contributed by atoms with Gasteiger partial charge in [-0.15, -0.1) is 0 Å². The van der Waals surface area contributed by atoms with Crippen molar-refractivity contribution >= 4 is 15.9 Å². The molecular formula is C16H18BrFN2O. The van der Waals surface area contributed by atoms with Crippen LogP contribution in [0.2, 0.25) is 0 Å². The fraction of sp³-hybridized carbons (Fsp3) is 0.312. The molecule has 1 N–H and O–H groups in total. The van der Waals surface area contributed by atoms with Crippen LogP contribution in [0.1, 0.15) is 25.1 Å². The average Bonchev–Trinajstić information content (AvgIpc) is 2.42. The minimum Gasteiger partial charge on any atom is -0.439 e. The van der Waals surface area contributed by atoms with E-state index in [1.54, 1.807) is 18.2 Å². The van der Waals surface area contributed by atoms with Gasteiger partial charge in [-0.1, -0.05) is 19.9 Å². The second kappa shape index (κ2) is 7.00. The summed E-state index contributed by atoms with van der Waals surface area (Å²) >= 11 is 3.11. The van der Waals surface area contributed by atoms with Gasteiger partial charge in [0.15, 0.2) is 0 Å². The summed E-state index contributed by atoms with van der Waals surface area (Å²) in [5.74, 6) is 0.528. The number of pyridine rings is 1. The molecule has 0 aliphatic carbocycles. The van der Waals surface area contributed by atoms with Gasteiger partial charge in [0, 0.05) is 30.4 Å². The minimum absolute atomic E-state index is 0.359. The van der Waals surface area contributed by atoms with Crippen LogP contribution in [0.5, 0.6) is 11.6 Å². The van der Waals surface area contributed by atoms with E-state index in [1.165, 1.54) is 6.07 Å². The fourth-order valence-electron chi connectivity index (χ4n) is 1.79. The highest BCUT2D eigenvalue weighted by Gasteiger charge is 2.06. The molecule has 0 aliphatic heterocycles. The molecule has 0 bridgehead atoms. The van der Waals surface area contributed by atoms with Crippen LogP contribution in [0.25, 0.3) is 0 Å². The van der Waals surface area contributed by atoms with Crippen molar-refractivity contribution < 1.29 is 9.13 Å². The Morgan fingerprint density at radius 1 is 1.29 bits per heavy atom. The number of rotatable bonds is 5. The second-order valence-electron chi connectivity index (χ2n) is 5.11. The number of aromatic nitrogens is 1. The Balaban J connectivity index is 2.10. The lowest BCUT2D eigenvalue weighted by molar-refractivity contribution is 0.455. The lowest BCUT2D eigenvalue weighted by Crippen LogP contribution is -2.22. The molecule has 0 atom stereocenters. The molecule has 0 unspecified atom stereocenters. The Morgan fingerprint density at radius 3 is 2.67 bits per heavy atom. The molecule has 0 saturated heterocycles. The van der Waals surface area contributed by atoms with Gasteiger partial charge >= 0.3 is 0 Å². The Hall–Kier alpha value is -1.46. The smallest absolute Gasteiger partial charge is 0.219 e. The summed E-state index contributed by atoms with van der Waals surface area (Å²) < 4.78 is 19.4. The van der Waals surface area contributed by atoms with E-state index >= 15 is 0 Å². The highest BCUT2D eigenvalue weighted by molar-refractivity contribution is 9.10. The van der Waals surface area contributed by atoms with Crippen molar-refractivity contribution in [2.45, 2.75) is 33.4 Å². The third-order valence-electron chi connectivity index (χ3n) is 2.98. The van der Waals surface area contributed by atoms with E-state index < -0.39 is 0 Å². The van der Waals surface area contributed by atoms with Gasteiger partial charge in [-0.2, -0.15) is 0 Å². The molecule has 1 aromatic carbocycles. The predicted octanol–water partition coefficient (Wildman–Crippen LogP) is 4.58. The molecule has 3 nitrogen and oxygen atoms in total. The normalized spacial score (nSPS) is 11.0. The molecule has 2 rings (SSSR count). The maximum atomic E-state index is 13.4. The molecule has 0 spiro atoms. The zero-order valence-corrected chi connectivity index (χ0v) is 13.9. The summed E-state index contributed by atoms with van der Waals surface area (Å²) in [4.78, 5) is 4.40. The topological polar surface area (TPSA) is 34.1 Å². The van der Waals surface area contributed by atoms with Crippen molar-refractivity contribution in [1.29, 1.82) is 0 Å². The molecule has 0 saturated carbocycles. The van der Waals surface area contributed by atoms with Gasteiger partial charge in [0.25, 0.3) is 0 Å². The standard InChI is InChI=1S/C16H18BrFN2O/c1-10(2)19-9-12-4-7-16(20-11(12)3)21-13-5-6-14(17)15(18)8-13/h4-8,10,19H,9H2,1-3H3. The maximum absolute atomic E-state index is 13.4. The molecule has 1 aromatic heterocycles. The number of nitrogens with one attached hydrogen (secondary N) is 1. The quantitative estimate of drug-likeness (QED) is 0.854. The van der Waals surface area contributed by atoms with E-state index in [0.29, 0.717) is 22.1 Å². The lowest BCUT2D eigenvalue weighted by Gasteiger charge is -2.11. The molecule has 0 amide bonds. The van der Waals surface area contributed by atoms with Crippen LogP contribution in [-0.2, 0) is 6.54 Å². The summed E-state index contributed by atoms with van der Waals surface area (Å²) in [6.45, 7) is 6.90. The van der Waals surface area contributed by atoms with Crippen molar-refractivity contribution in [2.24, 2.45) is 0 Å². The summed E-state index contributed by atoms with van der Waals surface area (Å²) in [5.41, 5.74) is 2.02. The SMILES string of the molecule is Cc1nc(Oc2ccc(Br)c(F)c2)ccc1CNC(C)C. The van der Waals surface area contributed by atoms with Gasteiger partial charge in [-0.25, -0.2) is 9.37 Å². The number of hydrogen-bond donors (Lipinski definition) is 1. The van der Waals surface area contributed by atoms with Crippen molar-refractivity contribution in [3.63, 3.8) is 0 Å². The Labute approximate surface area is 132 Å². The van der Waals surface area contributed by atoms with E-state index in [9.17, 15) is 4.39 Å². The summed E-state index contributed by atoms with van der Waals surface area (Å²) in [6.07, 6.45) is 0. The maximum Gasteiger partial charge on any atom is 0.219 e. The number of ether oxygens (including phenoxy) is 1. The van der Waals surface area contributed by atoms with Crippen molar-refractivity contribution in [3.05, 3.63) is 51.9 Å². The average molecular weight is 353 g/mol. The molecule has 21 heavy (non-hydrogen) atoms. The molecule has 5 heteroatoms. The third kappa shape index (κ3) is 4.51. The van der Waals surface area contributed by atoms with E-state index in [0.717, 1.165) is 17.8 Å². The van der Waals surface area contributed by atoms with E-state index in [1.807, 2.05) is 13.0 Å². The van der Waals surface area contributed by atoms with Crippen molar-refractivity contribution in [3.8, 4) is 11.6 Å². The van der Waals surface area contributed by atoms with Crippen molar-refractivity contribution in [1.82, 2.24) is 10.3 Å². The van der Waals surface area contributed by atoms with Gasteiger partial charge in [0.2, 0.25) is 5.88 Å². The van der Waals surface area contributed by atoms with E-state index in [2.05, 4.69) is 40.1 Å². The van der Waals surface area contributed by atoms with Crippen LogP contribution in [0.4, 0.5) is 4.39 Å². The zero-order valence-electron chi connectivity index (χ0n) is 12.3. The van der Waals surface area contributed by atoms with Crippen LogP contribution in [0.3, 0.4) is 0 Å². The van der Waals surface area contributed by atoms with Gasteiger partial charge in [-0.3, -0.25) is 0 Å². The zero-order chi connectivity index (χ0) is 15.4. The Bertz CT molecular complexity index is 632. The van der Waals surface area contributed by atoms with E-state index in [4.69, 9.17) is 4.74 Å². The first-order valence-corrected chi connectivity index (χ1v) is 7.58. The number of benzene rings is 1. The first-order chi connectivity index (χ1) is 9.95. The highest BCUT2D eigenvalue weighted by Crippen LogP contribution is 2.25. The fourth-order valence-corrected chi connectivity index (χ4v) is 2.03. The lowest BCUT2D eigenvalue weighted by atomic mass is 10.2. The largest absolute Gasteiger partial charge is 0.439 e. The van der Waals surface area contributed by atoms with Gasteiger partial charge in [-0.05, 0) is 40.5 Å².